The number of halogens is 1. The van der Waals surface area contributed by atoms with Gasteiger partial charge in [0.05, 0.1) is 10.2 Å². The van der Waals surface area contributed by atoms with Gasteiger partial charge in [0.15, 0.2) is 0 Å². The number of hydrogen-bond acceptors (Lipinski definition) is 2. The molecule has 0 spiro atoms. The van der Waals surface area contributed by atoms with E-state index in [-0.39, 0.29) is 0 Å². The van der Waals surface area contributed by atoms with E-state index in [1.54, 1.807) is 6.20 Å². The normalized spacial score (nSPS) is 11.5. The van der Waals surface area contributed by atoms with Gasteiger partial charge in [0, 0.05) is 18.1 Å². The third-order valence-electron chi connectivity index (χ3n) is 2.30. The van der Waals surface area contributed by atoms with Crippen LogP contribution in [0.1, 0.15) is 31.2 Å². The molecule has 0 aliphatic carbocycles. The van der Waals surface area contributed by atoms with E-state index in [2.05, 4.69) is 39.7 Å². The summed E-state index contributed by atoms with van der Waals surface area (Å²) < 4.78 is 3.03. The lowest BCUT2D eigenvalue weighted by atomic mass is 10.2. The van der Waals surface area contributed by atoms with Crippen LogP contribution >= 0.6 is 15.9 Å². The fourth-order valence-electron chi connectivity index (χ4n) is 1.33. The molecule has 0 saturated heterocycles. The zero-order chi connectivity index (χ0) is 10.3. The van der Waals surface area contributed by atoms with Crippen molar-refractivity contribution in [2.24, 2.45) is 0 Å². The van der Waals surface area contributed by atoms with Crippen molar-refractivity contribution >= 4 is 21.7 Å². The maximum absolute atomic E-state index is 4.45. The monoisotopic (exact) mass is 253 g/mol. The number of imidazole rings is 1. The Morgan fingerprint density at radius 3 is 2.79 bits per heavy atom. The van der Waals surface area contributed by atoms with Crippen molar-refractivity contribution in [1.29, 1.82) is 0 Å². The second-order valence-corrected chi connectivity index (χ2v) is 4.54. The summed E-state index contributed by atoms with van der Waals surface area (Å²) in [5.41, 5.74) is 2.22. The van der Waals surface area contributed by atoms with E-state index < -0.39 is 0 Å². The Hall–Kier alpha value is -0.900. The maximum Gasteiger partial charge on any atom is 0.234 e. The van der Waals surface area contributed by atoms with Crippen LogP contribution in [0.2, 0.25) is 0 Å². The number of aryl methyl sites for hydroxylation is 1. The van der Waals surface area contributed by atoms with Gasteiger partial charge < -0.3 is 0 Å². The molecule has 0 aliphatic rings. The Morgan fingerprint density at radius 1 is 1.43 bits per heavy atom. The van der Waals surface area contributed by atoms with Crippen molar-refractivity contribution in [3.8, 4) is 0 Å². The quantitative estimate of drug-likeness (QED) is 0.783. The zero-order valence-electron chi connectivity index (χ0n) is 8.45. The second-order valence-electron chi connectivity index (χ2n) is 3.68. The van der Waals surface area contributed by atoms with Crippen LogP contribution in [-0.4, -0.2) is 14.4 Å². The van der Waals surface area contributed by atoms with Crippen LogP contribution in [0.4, 0.5) is 0 Å². The van der Waals surface area contributed by atoms with Gasteiger partial charge >= 0.3 is 0 Å². The van der Waals surface area contributed by atoms with Crippen molar-refractivity contribution in [3.05, 3.63) is 28.3 Å². The molecule has 3 nitrogen and oxygen atoms in total. The van der Waals surface area contributed by atoms with Crippen LogP contribution in [0.5, 0.6) is 0 Å². The van der Waals surface area contributed by atoms with Crippen molar-refractivity contribution in [2.75, 3.05) is 0 Å². The highest BCUT2D eigenvalue weighted by atomic mass is 79.9. The van der Waals surface area contributed by atoms with Gasteiger partial charge in [0.1, 0.15) is 0 Å². The topological polar surface area (TPSA) is 30.2 Å². The average molecular weight is 254 g/mol. The molecule has 0 unspecified atom stereocenters. The van der Waals surface area contributed by atoms with Crippen molar-refractivity contribution in [2.45, 2.75) is 26.7 Å². The molecule has 2 aromatic rings. The molecule has 74 valence electrons. The zero-order valence-corrected chi connectivity index (χ0v) is 10.0. The smallest absolute Gasteiger partial charge is 0.234 e. The molecule has 0 bridgehead atoms. The minimum atomic E-state index is 0.440. The highest BCUT2D eigenvalue weighted by molar-refractivity contribution is 9.10. The van der Waals surface area contributed by atoms with E-state index in [1.165, 1.54) is 0 Å². The van der Waals surface area contributed by atoms with Crippen LogP contribution < -0.4 is 0 Å². The molecular weight excluding hydrogens is 242 g/mol. The molecule has 0 aromatic carbocycles. The number of aromatic nitrogens is 3. The average Bonchev–Trinajstić information content (AvgIpc) is 2.56. The van der Waals surface area contributed by atoms with Gasteiger partial charge in [0.25, 0.3) is 0 Å². The molecule has 0 atom stereocenters. The molecule has 4 heteroatoms. The summed E-state index contributed by atoms with van der Waals surface area (Å²) in [7, 11) is 0. The molecule has 0 N–H and O–H groups in total. The van der Waals surface area contributed by atoms with Crippen LogP contribution in [0.3, 0.4) is 0 Å². The number of rotatable bonds is 1. The summed E-state index contributed by atoms with van der Waals surface area (Å²) in [6, 6.07) is 0. The Kier molecular flexibility index (Phi) is 2.31. The SMILES string of the molecule is Cc1c(Br)cnc2nc(C(C)C)cn12. The Balaban J connectivity index is 2.71. The van der Waals surface area contributed by atoms with E-state index in [9.17, 15) is 0 Å². The van der Waals surface area contributed by atoms with Crippen molar-refractivity contribution < 1.29 is 0 Å². The molecular formula is C10H12BrN3. The fourth-order valence-corrected chi connectivity index (χ4v) is 1.62. The molecule has 0 fully saturated rings. The van der Waals surface area contributed by atoms with E-state index in [0.29, 0.717) is 5.92 Å². The lowest BCUT2D eigenvalue weighted by Crippen LogP contribution is -1.93. The fraction of sp³-hybridized carbons (Fsp3) is 0.400. The molecule has 0 radical (unpaired) electrons. The Bertz CT molecular complexity index is 473. The molecule has 14 heavy (non-hydrogen) atoms. The summed E-state index contributed by atoms with van der Waals surface area (Å²) in [4.78, 5) is 8.69. The van der Waals surface area contributed by atoms with E-state index >= 15 is 0 Å². The predicted octanol–water partition coefficient (Wildman–Crippen LogP) is 2.92. The van der Waals surface area contributed by atoms with Crippen LogP contribution in [-0.2, 0) is 0 Å². The van der Waals surface area contributed by atoms with Gasteiger partial charge in [-0.2, -0.15) is 0 Å². The van der Waals surface area contributed by atoms with Crippen LogP contribution in [0, 0.1) is 6.92 Å². The Morgan fingerprint density at radius 2 is 2.14 bits per heavy atom. The minimum absolute atomic E-state index is 0.440. The minimum Gasteiger partial charge on any atom is -0.287 e. The third kappa shape index (κ3) is 1.43. The Labute approximate surface area is 91.3 Å². The van der Waals surface area contributed by atoms with Gasteiger partial charge in [-0.1, -0.05) is 13.8 Å². The molecule has 0 aliphatic heterocycles. The number of hydrogen-bond donors (Lipinski definition) is 0. The van der Waals surface area contributed by atoms with Crippen molar-refractivity contribution in [3.63, 3.8) is 0 Å². The molecule has 2 rings (SSSR count). The number of fused-ring (bicyclic) bond motifs is 1. The lowest BCUT2D eigenvalue weighted by molar-refractivity contribution is 0.833. The van der Waals surface area contributed by atoms with Gasteiger partial charge in [-0.15, -0.1) is 0 Å². The third-order valence-corrected chi connectivity index (χ3v) is 3.08. The highest BCUT2D eigenvalue weighted by Gasteiger charge is 2.08. The first-order valence-electron chi connectivity index (χ1n) is 4.59. The lowest BCUT2D eigenvalue weighted by Gasteiger charge is -1.99. The molecule has 0 saturated carbocycles. The summed E-state index contributed by atoms with van der Waals surface area (Å²) in [5.74, 6) is 1.21. The first-order chi connectivity index (χ1) is 6.59. The second kappa shape index (κ2) is 3.35. The van der Waals surface area contributed by atoms with E-state index in [1.807, 2.05) is 17.5 Å². The first-order valence-corrected chi connectivity index (χ1v) is 5.39. The van der Waals surface area contributed by atoms with E-state index in [4.69, 9.17) is 0 Å². The largest absolute Gasteiger partial charge is 0.287 e. The predicted molar refractivity (Wildman–Crippen MR) is 59.5 cm³/mol. The van der Waals surface area contributed by atoms with E-state index in [0.717, 1.165) is 21.6 Å². The molecule has 2 aromatic heterocycles. The van der Waals surface area contributed by atoms with Crippen LogP contribution in [0.15, 0.2) is 16.9 Å². The molecule has 0 amide bonds. The first kappa shape index (κ1) is 9.65. The van der Waals surface area contributed by atoms with Gasteiger partial charge in [-0.25, -0.2) is 9.97 Å². The number of nitrogens with zero attached hydrogens (tertiary/aromatic N) is 3. The van der Waals surface area contributed by atoms with Crippen molar-refractivity contribution in [1.82, 2.24) is 14.4 Å². The molecule has 2 heterocycles. The highest BCUT2D eigenvalue weighted by Crippen LogP contribution is 2.19. The summed E-state index contributed by atoms with van der Waals surface area (Å²) in [6.45, 7) is 6.31. The van der Waals surface area contributed by atoms with Crippen LogP contribution in [0.25, 0.3) is 5.78 Å². The standard InChI is InChI=1S/C10H12BrN3/c1-6(2)9-5-14-7(3)8(11)4-12-10(14)13-9/h4-6H,1-3H3. The maximum atomic E-state index is 4.45. The van der Waals surface area contributed by atoms with Gasteiger partial charge in [0.2, 0.25) is 5.78 Å². The van der Waals surface area contributed by atoms with Gasteiger partial charge in [-0.05, 0) is 28.8 Å². The van der Waals surface area contributed by atoms with Gasteiger partial charge in [-0.3, -0.25) is 4.40 Å². The summed E-state index contributed by atoms with van der Waals surface area (Å²) >= 11 is 3.45. The summed E-state index contributed by atoms with van der Waals surface area (Å²) in [5, 5.41) is 0. The summed E-state index contributed by atoms with van der Waals surface area (Å²) in [6.07, 6.45) is 3.84.